The van der Waals surface area contributed by atoms with Crippen LogP contribution in [0.25, 0.3) is 0 Å². The van der Waals surface area contributed by atoms with Gasteiger partial charge in [-0.25, -0.2) is 0 Å². The van der Waals surface area contributed by atoms with E-state index in [1.807, 2.05) is 6.92 Å². The first kappa shape index (κ1) is 8.48. The molecule has 0 aliphatic heterocycles. The number of nitrogens with zero attached hydrogens (tertiary/aromatic N) is 1. The van der Waals surface area contributed by atoms with Crippen molar-refractivity contribution in [3.8, 4) is 0 Å². The maximum atomic E-state index is 11.3. The van der Waals surface area contributed by atoms with E-state index >= 15 is 0 Å². The van der Waals surface area contributed by atoms with E-state index in [0.29, 0.717) is 0 Å². The van der Waals surface area contributed by atoms with Crippen LogP contribution in [0.4, 0.5) is 0 Å². The molecular formula is C10H13NO2. The highest BCUT2D eigenvalue weighted by Crippen LogP contribution is 2.34. The average molecular weight is 179 g/mol. The fourth-order valence-corrected chi connectivity index (χ4v) is 2.07. The Kier molecular flexibility index (Phi) is 1.94. The summed E-state index contributed by atoms with van der Waals surface area (Å²) in [5, 5.41) is 3.90. The first-order chi connectivity index (χ1) is 6.20. The predicted molar refractivity (Wildman–Crippen MR) is 47.6 cm³/mol. The molecule has 1 aliphatic rings. The molecule has 0 fully saturated rings. The van der Waals surface area contributed by atoms with Crippen molar-refractivity contribution < 1.29 is 9.32 Å². The molecule has 1 atom stereocenters. The van der Waals surface area contributed by atoms with E-state index < -0.39 is 0 Å². The number of Topliss-reactive ketones (excluding diaryl/α,β-unsaturated/α-hetero) is 1. The van der Waals surface area contributed by atoms with Crippen molar-refractivity contribution in [1.29, 1.82) is 0 Å². The minimum Gasteiger partial charge on any atom is -0.361 e. The highest BCUT2D eigenvalue weighted by atomic mass is 16.5. The molecule has 0 saturated heterocycles. The fraction of sp³-hybridized carbons (Fsp3) is 0.600. The predicted octanol–water partition coefficient (Wildman–Crippen LogP) is 1.99. The molecule has 0 aromatic carbocycles. The number of fused-ring (bicyclic) bond motifs is 1. The molecule has 0 spiro atoms. The van der Waals surface area contributed by atoms with E-state index in [2.05, 4.69) is 5.16 Å². The van der Waals surface area contributed by atoms with Crippen LogP contribution < -0.4 is 0 Å². The summed E-state index contributed by atoms with van der Waals surface area (Å²) in [6.07, 6.45) is 2.91. The summed E-state index contributed by atoms with van der Waals surface area (Å²) < 4.78 is 5.16. The van der Waals surface area contributed by atoms with Crippen molar-refractivity contribution in [1.82, 2.24) is 5.16 Å². The second-order valence-electron chi connectivity index (χ2n) is 3.66. The molecule has 1 aromatic heterocycles. The number of ketones is 1. The Balaban J connectivity index is 2.46. The third kappa shape index (κ3) is 1.28. The molecule has 0 saturated carbocycles. The van der Waals surface area contributed by atoms with Gasteiger partial charge in [-0.1, -0.05) is 5.16 Å². The van der Waals surface area contributed by atoms with Crippen molar-refractivity contribution in [2.24, 2.45) is 0 Å². The van der Waals surface area contributed by atoms with Gasteiger partial charge in [-0.2, -0.15) is 0 Å². The summed E-state index contributed by atoms with van der Waals surface area (Å²) in [6.45, 7) is 3.55. The second-order valence-corrected chi connectivity index (χ2v) is 3.66. The molecule has 13 heavy (non-hydrogen) atoms. The lowest BCUT2D eigenvalue weighted by atomic mass is 9.83. The third-order valence-electron chi connectivity index (χ3n) is 2.72. The molecule has 0 radical (unpaired) electrons. The standard InChI is InChI=1S/C10H13NO2/c1-6-10-8(7(2)12)4-3-5-9(10)13-11-6/h8H,3-5H2,1-2H3. The van der Waals surface area contributed by atoms with Crippen LogP contribution in [0, 0.1) is 6.92 Å². The number of carbonyl (C=O) groups excluding carboxylic acids is 1. The van der Waals surface area contributed by atoms with E-state index in [4.69, 9.17) is 4.52 Å². The molecule has 1 heterocycles. The van der Waals surface area contributed by atoms with Gasteiger partial charge < -0.3 is 4.52 Å². The summed E-state index contributed by atoms with van der Waals surface area (Å²) in [5.74, 6) is 1.19. The normalized spacial score (nSPS) is 21.2. The molecule has 2 rings (SSSR count). The van der Waals surface area contributed by atoms with Crippen LogP contribution in [-0.4, -0.2) is 10.9 Å². The van der Waals surface area contributed by atoms with Gasteiger partial charge in [-0.3, -0.25) is 4.79 Å². The molecular weight excluding hydrogens is 166 g/mol. The van der Waals surface area contributed by atoms with Crippen LogP contribution >= 0.6 is 0 Å². The summed E-state index contributed by atoms with van der Waals surface area (Å²) in [4.78, 5) is 11.3. The van der Waals surface area contributed by atoms with Crippen molar-refractivity contribution in [2.75, 3.05) is 0 Å². The van der Waals surface area contributed by atoms with Crippen molar-refractivity contribution in [2.45, 2.75) is 39.0 Å². The Morgan fingerprint density at radius 2 is 2.38 bits per heavy atom. The van der Waals surface area contributed by atoms with Crippen molar-refractivity contribution in [3.63, 3.8) is 0 Å². The van der Waals surface area contributed by atoms with Gasteiger partial charge in [0.05, 0.1) is 5.69 Å². The summed E-state index contributed by atoms with van der Waals surface area (Å²) in [7, 11) is 0. The quantitative estimate of drug-likeness (QED) is 0.662. The first-order valence-electron chi connectivity index (χ1n) is 4.65. The van der Waals surface area contributed by atoms with Gasteiger partial charge in [0.2, 0.25) is 0 Å². The Hall–Kier alpha value is -1.12. The van der Waals surface area contributed by atoms with Crippen molar-refractivity contribution >= 4 is 5.78 Å². The summed E-state index contributed by atoms with van der Waals surface area (Å²) in [5.41, 5.74) is 1.94. The van der Waals surface area contributed by atoms with Gasteiger partial charge in [0.1, 0.15) is 11.5 Å². The van der Waals surface area contributed by atoms with Gasteiger partial charge in [0, 0.05) is 17.9 Å². The van der Waals surface area contributed by atoms with E-state index in [1.54, 1.807) is 6.92 Å². The number of aromatic nitrogens is 1. The van der Waals surface area contributed by atoms with E-state index in [0.717, 1.165) is 36.3 Å². The molecule has 0 N–H and O–H groups in total. The van der Waals surface area contributed by atoms with E-state index in [1.165, 1.54) is 0 Å². The second kappa shape index (κ2) is 2.98. The smallest absolute Gasteiger partial charge is 0.140 e. The molecule has 1 unspecified atom stereocenters. The van der Waals surface area contributed by atoms with Crippen LogP contribution in [0.2, 0.25) is 0 Å². The van der Waals surface area contributed by atoms with Gasteiger partial charge in [-0.05, 0) is 26.7 Å². The molecule has 3 nitrogen and oxygen atoms in total. The number of aryl methyl sites for hydroxylation is 2. The maximum Gasteiger partial charge on any atom is 0.140 e. The number of carbonyl (C=O) groups is 1. The highest BCUT2D eigenvalue weighted by Gasteiger charge is 2.29. The highest BCUT2D eigenvalue weighted by molar-refractivity contribution is 5.84. The van der Waals surface area contributed by atoms with Gasteiger partial charge in [-0.15, -0.1) is 0 Å². The Bertz CT molecular complexity index is 341. The summed E-state index contributed by atoms with van der Waals surface area (Å²) >= 11 is 0. The zero-order valence-corrected chi connectivity index (χ0v) is 7.96. The zero-order valence-electron chi connectivity index (χ0n) is 7.96. The SMILES string of the molecule is CC(=O)C1CCCc2onc(C)c21. The fourth-order valence-electron chi connectivity index (χ4n) is 2.07. The first-order valence-corrected chi connectivity index (χ1v) is 4.65. The van der Waals surface area contributed by atoms with Crippen LogP contribution in [0.3, 0.4) is 0 Å². The minimum absolute atomic E-state index is 0.0370. The Morgan fingerprint density at radius 3 is 3.08 bits per heavy atom. The summed E-state index contributed by atoms with van der Waals surface area (Å²) in [6, 6.07) is 0. The Labute approximate surface area is 77.1 Å². The van der Waals surface area contributed by atoms with Crippen LogP contribution in [0.15, 0.2) is 4.52 Å². The van der Waals surface area contributed by atoms with E-state index in [9.17, 15) is 4.79 Å². The van der Waals surface area contributed by atoms with Gasteiger partial charge >= 0.3 is 0 Å². The third-order valence-corrected chi connectivity index (χ3v) is 2.72. The Morgan fingerprint density at radius 1 is 1.62 bits per heavy atom. The lowest BCUT2D eigenvalue weighted by Crippen LogP contribution is -2.15. The number of hydrogen-bond donors (Lipinski definition) is 0. The topological polar surface area (TPSA) is 43.1 Å². The van der Waals surface area contributed by atoms with Crippen molar-refractivity contribution in [3.05, 3.63) is 17.0 Å². The molecule has 0 bridgehead atoms. The monoisotopic (exact) mass is 179 g/mol. The largest absolute Gasteiger partial charge is 0.361 e. The average Bonchev–Trinajstić information content (AvgIpc) is 2.48. The molecule has 1 aliphatic carbocycles. The molecule has 3 heteroatoms. The minimum atomic E-state index is 0.0370. The molecule has 1 aromatic rings. The zero-order chi connectivity index (χ0) is 9.42. The lowest BCUT2D eigenvalue weighted by Gasteiger charge is -2.18. The molecule has 70 valence electrons. The van der Waals surface area contributed by atoms with E-state index in [-0.39, 0.29) is 11.7 Å². The van der Waals surface area contributed by atoms with Gasteiger partial charge in [0.15, 0.2) is 0 Å². The number of hydrogen-bond acceptors (Lipinski definition) is 3. The van der Waals surface area contributed by atoms with Crippen LogP contribution in [-0.2, 0) is 11.2 Å². The lowest BCUT2D eigenvalue weighted by molar-refractivity contribution is -0.118. The van der Waals surface area contributed by atoms with Crippen LogP contribution in [0.5, 0.6) is 0 Å². The van der Waals surface area contributed by atoms with Crippen LogP contribution in [0.1, 0.15) is 42.7 Å². The number of rotatable bonds is 1. The van der Waals surface area contributed by atoms with Gasteiger partial charge in [0.25, 0.3) is 0 Å². The molecule has 0 amide bonds. The maximum absolute atomic E-state index is 11.3.